The molecule has 5 saturated heterocycles. The molecule has 0 bridgehead atoms. The highest BCUT2D eigenvalue weighted by Gasteiger charge is 2.70. The number of rotatable bonds is 9. The first-order chi connectivity index (χ1) is 26.3. The van der Waals surface area contributed by atoms with E-state index in [4.69, 9.17) is 0 Å². The van der Waals surface area contributed by atoms with Gasteiger partial charge in [0.15, 0.2) is 15.9 Å². The molecule has 4 N–H and O–H groups in total. The molecule has 5 aliphatic rings. The molecule has 21 nitrogen and oxygen atoms in total. The van der Waals surface area contributed by atoms with Gasteiger partial charge in [-0.05, 0) is 33.3 Å². The first kappa shape index (κ1) is 40.1. The Morgan fingerprint density at radius 2 is 1.62 bits per heavy atom. The van der Waals surface area contributed by atoms with E-state index in [9.17, 15) is 57.0 Å². The third kappa shape index (κ3) is 6.50. The molecule has 6 heterocycles. The molecule has 5 aliphatic heterocycles. The maximum atomic E-state index is 13.3. The lowest BCUT2D eigenvalue weighted by atomic mass is 9.95. The van der Waals surface area contributed by atoms with Gasteiger partial charge in [0.05, 0.1) is 19.2 Å². The van der Waals surface area contributed by atoms with E-state index in [-0.39, 0.29) is 26.1 Å². The second-order valence-corrected chi connectivity index (χ2v) is 18.7. The van der Waals surface area contributed by atoms with E-state index in [2.05, 4.69) is 20.9 Å². The summed E-state index contributed by atoms with van der Waals surface area (Å²) in [6.45, 7) is 6.86. The highest BCUT2D eigenvalue weighted by Crippen LogP contribution is 2.51. The van der Waals surface area contributed by atoms with Crippen molar-refractivity contribution >= 4 is 69.1 Å². The molecule has 7 atom stereocenters. The van der Waals surface area contributed by atoms with Gasteiger partial charge in [0.1, 0.15) is 33.6 Å². The number of hydrogen-bond acceptors (Lipinski definition) is 13. The molecule has 2 unspecified atom stereocenters. The molecule has 7 rings (SSSR count). The van der Waals surface area contributed by atoms with Crippen molar-refractivity contribution in [3.05, 3.63) is 48.3 Å². The van der Waals surface area contributed by atoms with Crippen molar-refractivity contribution in [1.82, 2.24) is 45.2 Å². The number of imide groups is 1. The van der Waals surface area contributed by atoms with Crippen LogP contribution in [0.2, 0.25) is 0 Å². The van der Waals surface area contributed by atoms with E-state index in [0.717, 1.165) is 9.80 Å². The summed E-state index contributed by atoms with van der Waals surface area (Å²) in [5.41, 5.74) is 0.403. The quantitative estimate of drug-likeness (QED) is 0.161. The third-order valence-corrected chi connectivity index (χ3v) is 14.9. The average Bonchev–Trinajstić information content (AvgIpc) is 3.78. The van der Waals surface area contributed by atoms with Crippen LogP contribution in [0.15, 0.2) is 42.7 Å². The van der Waals surface area contributed by atoms with Crippen molar-refractivity contribution in [1.29, 1.82) is 0 Å². The van der Waals surface area contributed by atoms with E-state index in [1.165, 1.54) is 45.6 Å². The van der Waals surface area contributed by atoms with Crippen LogP contribution in [0.25, 0.3) is 0 Å². The Balaban J connectivity index is 0.000000223. The summed E-state index contributed by atoms with van der Waals surface area (Å²) >= 11 is 1.28. The molecule has 0 aliphatic carbocycles. The first-order valence-electron chi connectivity index (χ1n) is 17.4. The molecule has 7 amide bonds. The SMILES string of the molecule is CCN1CCN(C(=O)NC(C(=O)N[C@@H]2C(=O)N3[C@@H]2SC(C)(C)[C@@H]3C(=O)O)c2ccccc2)C(=O)C1=O.C[C@]1(Cn2ccnn2)[C@H](C(=O)O)N2C(=O)CC2S1(=O)=O. The number of carbonyl (C=O) groups is 8. The predicted molar refractivity (Wildman–Crippen MR) is 191 cm³/mol. The minimum absolute atomic E-state index is 0.0200. The van der Waals surface area contributed by atoms with Crippen molar-refractivity contribution in [2.75, 3.05) is 19.6 Å². The Kier molecular flexibility index (Phi) is 10.4. The lowest BCUT2D eigenvalue weighted by Crippen LogP contribution is -2.71. The second kappa shape index (κ2) is 14.5. The van der Waals surface area contributed by atoms with Crippen molar-refractivity contribution in [3.8, 4) is 0 Å². The Morgan fingerprint density at radius 3 is 2.20 bits per heavy atom. The Bertz CT molecular complexity index is 2100. The van der Waals surface area contributed by atoms with E-state index >= 15 is 0 Å². The smallest absolute Gasteiger partial charge is 0.328 e. The largest absolute Gasteiger partial charge is 0.480 e. The fourth-order valence-corrected chi connectivity index (χ4v) is 11.6. The number of amides is 7. The normalized spacial score (nSPS) is 28.9. The van der Waals surface area contributed by atoms with Gasteiger partial charge >= 0.3 is 29.8 Å². The van der Waals surface area contributed by atoms with Gasteiger partial charge in [-0.25, -0.2) is 22.8 Å². The zero-order valence-electron chi connectivity index (χ0n) is 30.5. The Labute approximate surface area is 323 Å². The lowest BCUT2D eigenvalue weighted by Gasteiger charge is -2.44. The number of urea groups is 1. The third-order valence-electron chi connectivity index (χ3n) is 10.6. The molecule has 0 radical (unpaired) electrons. The summed E-state index contributed by atoms with van der Waals surface area (Å²) in [7, 11) is -3.80. The van der Waals surface area contributed by atoms with Gasteiger partial charge < -0.3 is 35.5 Å². The fourth-order valence-electron chi connectivity index (χ4n) is 7.63. The lowest BCUT2D eigenvalue weighted by molar-refractivity contribution is -0.161. The van der Waals surface area contributed by atoms with Gasteiger partial charge in [-0.1, -0.05) is 35.5 Å². The van der Waals surface area contributed by atoms with Crippen LogP contribution in [0.3, 0.4) is 0 Å². The van der Waals surface area contributed by atoms with Crippen molar-refractivity contribution < 1.29 is 57.0 Å². The number of hydrogen-bond donors (Lipinski definition) is 4. The van der Waals surface area contributed by atoms with E-state index in [1.54, 1.807) is 51.1 Å². The molecule has 0 saturated carbocycles. The van der Waals surface area contributed by atoms with Crippen LogP contribution in [0.1, 0.15) is 45.7 Å². The molecule has 2 aromatic rings. The van der Waals surface area contributed by atoms with Crippen LogP contribution in [-0.2, 0) is 49.9 Å². The zero-order valence-corrected chi connectivity index (χ0v) is 32.1. The van der Waals surface area contributed by atoms with Gasteiger partial charge in [-0.2, -0.15) is 0 Å². The summed E-state index contributed by atoms with van der Waals surface area (Å²) < 4.78 is 24.0. The summed E-state index contributed by atoms with van der Waals surface area (Å²) in [6.07, 6.45) is 2.68. The van der Waals surface area contributed by atoms with Crippen LogP contribution in [-0.4, -0.2) is 159 Å². The maximum absolute atomic E-state index is 13.3. The van der Waals surface area contributed by atoms with Crippen LogP contribution in [0.5, 0.6) is 0 Å². The number of sulfone groups is 1. The van der Waals surface area contributed by atoms with Crippen LogP contribution in [0.4, 0.5) is 4.79 Å². The number of benzene rings is 1. The summed E-state index contributed by atoms with van der Waals surface area (Å²) in [4.78, 5) is 103. The summed E-state index contributed by atoms with van der Waals surface area (Å²) in [5, 5.41) is 29.7. The molecule has 5 fully saturated rings. The van der Waals surface area contributed by atoms with Crippen molar-refractivity contribution in [3.63, 3.8) is 0 Å². The minimum atomic E-state index is -3.80. The number of nitrogens with zero attached hydrogens (tertiary/aromatic N) is 7. The highest BCUT2D eigenvalue weighted by molar-refractivity contribution is 8.01. The number of aliphatic carboxylic acids is 2. The average molecular weight is 818 g/mol. The molecule has 1 aromatic carbocycles. The highest BCUT2D eigenvalue weighted by atomic mass is 32.2. The standard InChI is InChI=1S/C23H27N5O7S.C10H12N4O5S/c1-4-26-10-11-27(19(32)18(26)31)22(35)25-13(12-8-6-5-7-9-12)16(29)24-14-17(30)28-15(21(33)34)23(2,3)36-20(14)28;1-10(5-13-3-2-11-12-13)8(9(16)17)14-6(15)4-7(14)20(10,18)19/h5-9,13-15,20H,4,10-11H2,1-3H3,(H,24,29)(H,25,35)(H,33,34);2-3,7-8H,4-5H2,1H3,(H,16,17)/t13?,14-,15+,20-;7?,8-,10-/m10/s1. The Hall–Kier alpha value is -5.58. The van der Waals surface area contributed by atoms with E-state index in [0.29, 0.717) is 12.1 Å². The molecule has 0 spiro atoms. The second-order valence-electron chi connectivity index (χ2n) is 14.4. The van der Waals surface area contributed by atoms with Crippen LogP contribution >= 0.6 is 11.8 Å². The molecule has 300 valence electrons. The van der Waals surface area contributed by atoms with Gasteiger partial charge in [0, 0.05) is 30.6 Å². The molecule has 56 heavy (non-hydrogen) atoms. The number of carboxylic acids is 2. The number of thioether (sulfide) groups is 1. The molecule has 23 heteroatoms. The van der Waals surface area contributed by atoms with E-state index < -0.39 is 102 Å². The maximum Gasteiger partial charge on any atom is 0.328 e. The number of carboxylic acid groups (broad SMARTS) is 2. The molecule has 1 aromatic heterocycles. The van der Waals surface area contributed by atoms with Crippen molar-refractivity contribution in [2.24, 2.45) is 0 Å². The minimum Gasteiger partial charge on any atom is -0.480 e. The van der Waals surface area contributed by atoms with Gasteiger partial charge in [0.2, 0.25) is 17.7 Å². The molecular weight excluding hydrogens is 779 g/mol. The Morgan fingerprint density at radius 1 is 0.964 bits per heavy atom. The monoisotopic (exact) mass is 817 g/mol. The van der Waals surface area contributed by atoms with Gasteiger partial charge in [0.25, 0.3) is 0 Å². The summed E-state index contributed by atoms with van der Waals surface area (Å²) in [6, 6.07) is 2.71. The number of carbonyl (C=O) groups excluding carboxylic acids is 6. The van der Waals surface area contributed by atoms with Crippen LogP contribution in [0, 0.1) is 0 Å². The van der Waals surface area contributed by atoms with Crippen molar-refractivity contribution in [2.45, 2.75) is 85.1 Å². The zero-order chi connectivity index (χ0) is 41.1. The number of piperazine rings is 1. The molecular formula is C33H39N9O12S2. The predicted octanol–water partition coefficient (Wildman–Crippen LogP) is -1.76. The number of fused-ring (bicyclic) bond motifs is 2. The number of aromatic nitrogens is 3. The van der Waals surface area contributed by atoms with Crippen LogP contribution < -0.4 is 10.6 Å². The number of β-lactam (4-membered cyclic amide) rings is 2. The first-order valence-corrected chi connectivity index (χ1v) is 19.8. The number of likely N-dealkylation sites (N-methyl/N-ethyl adjacent to an activating group) is 1. The van der Waals surface area contributed by atoms with Gasteiger partial charge in [-0.15, -0.1) is 16.9 Å². The number of nitrogens with one attached hydrogen (secondary N) is 2. The van der Waals surface area contributed by atoms with Gasteiger partial charge in [-0.3, -0.25) is 33.6 Å². The van der Waals surface area contributed by atoms with E-state index in [1.807, 2.05) is 0 Å². The fraction of sp³-hybridized carbons (Fsp3) is 0.515. The summed E-state index contributed by atoms with van der Waals surface area (Å²) in [5.74, 6) is -5.90. The topological polar surface area (TPSA) is 279 Å².